The minimum absolute atomic E-state index is 0.192. The Bertz CT molecular complexity index is 732. The Morgan fingerprint density at radius 2 is 1.89 bits per heavy atom. The fourth-order valence-electron chi connectivity index (χ4n) is 2.25. The third-order valence-corrected chi connectivity index (χ3v) is 3.24. The molecule has 2 nitrogen and oxygen atoms in total. The molecular formula is C16H13FN2. The van der Waals surface area contributed by atoms with E-state index in [4.69, 9.17) is 5.73 Å². The summed E-state index contributed by atoms with van der Waals surface area (Å²) < 4.78 is 13.5. The van der Waals surface area contributed by atoms with E-state index in [0.29, 0.717) is 5.56 Å². The highest BCUT2D eigenvalue weighted by atomic mass is 19.1. The van der Waals surface area contributed by atoms with Gasteiger partial charge in [0.1, 0.15) is 5.82 Å². The Hall–Kier alpha value is -2.26. The van der Waals surface area contributed by atoms with Crippen LogP contribution in [0.15, 0.2) is 54.9 Å². The molecule has 0 fully saturated rings. The van der Waals surface area contributed by atoms with Gasteiger partial charge in [-0.2, -0.15) is 0 Å². The lowest BCUT2D eigenvalue weighted by molar-refractivity contribution is 0.611. The SMILES string of the molecule is NCc1cc(-c2cncc3ccccc23)ccc1F. The van der Waals surface area contributed by atoms with Crippen LogP contribution in [0.5, 0.6) is 0 Å². The van der Waals surface area contributed by atoms with E-state index in [1.807, 2.05) is 30.5 Å². The number of rotatable bonds is 2. The van der Waals surface area contributed by atoms with Crippen LogP contribution in [0.2, 0.25) is 0 Å². The predicted octanol–water partition coefficient (Wildman–Crippen LogP) is 3.50. The Morgan fingerprint density at radius 1 is 1.05 bits per heavy atom. The molecule has 0 radical (unpaired) electrons. The maximum Gasteiger partial charge on any atom is 0.127 e. The molecule has 3 heteroatoms. The van der Waals surface area contributed by atoms with Crippen molar-refractivity contribution in [3.63, 3.8) is 0 Å². The summed E-state index contributed by atoms with van der Waals surface area (Å²) in [6, 6.07) is 13.0. The summed E-state index contributed by atoms with van der Waals surface area (Å²) in [6.07, 6.45) is 3.63. The number of aromatic nitrogens is 1. The van der Waals surface area contributed by atoms with Gasteiger partial charge in [-0.1, -0.05) is 30.3 Å². The van der Waals surface area contributed by atoms with Crippen LogP contribution >= 0.6 is 0 Å². The number of halogens is 1. The van der Waals surface area contributed by atoms with E-state index < -0.39 is 0 Å². The van der Waals surface area contributed by atoms with Gasteiger partial charge in [-0.3, -0.25) is 4.98 Å². The maximum atomic E-state index is 13.5. The highest BCUT2D eigenvalue weighted by Crippen LogP contribution is 2.28. The molecule has 0 unspecified atom stereocenters. The first-order chi connectivity index (χ1) is 9.29. The van der Waals surface area contributed by atoms with Gasteiger partial charge < -0.3 is 5.73 Å². The highest BCUT2D eigenvalue weighted by molar-refractivity contribution is 5.95. The molecule has 0 saturated carbocycles. The van der Waals surface area contributed by atoms with Crippen LogP contribution in [0.4, 0.5) is 4.39 Å². The monoisotopic (exact) mass is 252 g/mol. The number of benzene rings is 2. The molecule has 3 aromatic rings. The molecule has 0 aliphatic carbocycles. The summed E-state index contributed by atoms with van der Waals surface area (Å²) in [5, 5.41) is 2.17. The molecule has 0 amide bonds. The molecule has 0 aliphatic rings. The summed E-state index contributed by atoms with van der Waals surface area (Å²) in [5.41, 5.74) is 8.00. The zero-order valence-corrected chi connectivity index (χ0v) is 10.3. The normalized spacial score (nSPS) is 10.8. The molecule has 0 atom stereocenters. The Labute approximate surface area is 110 Å². The molecule has 2 N–H and O–H groups in total. The molecular weight excluding hydrogens is 239 g/mol. The van der Waals surface area contributed by atoms with Gasteiger partial charge >= 0.3 is 0 Å². The van der Waals surface area contributed by atoms with E-state index in [1.54, 1.807) is 18.3 Å². The molecule has 0 spiro atoms. The molecule has 3 rings (SSSR count). The summed E-state index contributed by atoms with van der Waals surface area (Å²) in [6.45, 7) is 0.192. The first-order valence-corrected chi connectivity index (χ1v) is 6.11. The second-order valence-electron chi connectivity index (χ2n) is 4.42. The summed E-state index contributed by atoms with van der Waals surface area (Å²) in [5.74, 6) is -0.264. The third-order valence-electron chi connectivity index (χ3n) is 3.24. The quantitative estimate of drug-likeness (QED) is 0.758. The molecule has 0 bridgehead atoms. The number of fused-ring (bicyclic) bond motifs is 1. The average Bonchev–Trinajstić information content (AvgIpc) is 2.47. The molecule has 94 valence electrons. The Balaban J connectivity index is 2.24. The van der Waals surface area contributed by atoms with Crippen molar-refractivity contribution >= 4 is 10.8 Å². The number of nitrogens with zero attached hydrogens (tertiary/aromatic N) is 1. The zero-order chi connectivity index (χ0) is 13.2. The van der Waals surface area contributed by atoms with Crippen molar-refractivity contribution in [2.75, 3.05) is 0 Å². The van der Waals surface area contributed by atoms with Crippen LogP contribution in [0.1, 0.15) is 5.56 Å². The van der Waals surface area contributed by atoms with Gasteiger partial charge in [0.05, 0.1) is 0 Å². The molecule has 2 aromatic carbocycles. The van der Waals surface area contributed by atoms with Crippen molar-refractivity contribution in [3.05, 3.63) is 66.2 Å². The fraction of sp³-hybridized carbons (Fsp3) is 0.0625. The molecule has 1 heterocycles. The summed E-state index contributed by atoms with van der Waals surface area (Å²) in [7, 11) is 0. The van der Waals surface area contributed by atoms with E-state index in [-0.39, 0.29) is 12.4 Å². The van der Waals surface area contributed by atoms with E-state index in [2.05, 4.69) is 4.98 Å². The van der Waals surface area contributed by atoms with Crippen molar-refractivity contribution in [3.8, 4) is 11.1 Å². The number of pyridine rings is 1. The van der Waals surface area contributed by atoms with Crippen molar-refractivity contribution < 1.29 is 4.39 Å². The van der Waals surface area contributed by atoms with Gasteiger partial charge in [0.2, 0.25) is 0 Å². The van der Waals surface area contributed by atoms with Crippen LogP contribution in [0.25, 0.3) is 21.9 Å². The van der Waals surface area contributed by atoms with Gasteiger partial charge in [-0.15, -0.1) is 0 Å². The topological polar surface area (TPSA) is 38.9 Å². The number of hydrogen-bond donors (Lipinski definition) is 1. The van der Waals surface area contributed by atoms with Gasteiger partial charge in [0.25, 0.3) is 0 Å². The molecule has 1 aromatic heterocycles. The van der Waals surface area contributed by atoms with Gasteiger partial charge in [0.15, 0.2) is 0 Å². The third kappa shape index (κ3) is 2.09. The number of nitrogens with two attached hydrogens (primary N) is 1. The van der Waals surface area contributed by atoms with Crippen LogP contribution in [-0.2, 0) is 6.54 Å². The van der Waals surface area contributed by atoms with Crippen LogP contribution in [0, 0.1) is 5.82 Å². The lowest BCUT2D eigenvalue weighted by atomic mass is 9.99. The van der Waals surface area contributed by atoms with Crippen LogP contribution in [0.3, 0.4) is 0 Å². The van der Waals surface area contributed by atoms with Crippen molar-refractivity contribution in [1.29, 1.82) is 0 Å². The van der Waals surface area contributed by atoms with E-state index in [0.717, 1.165) is 21.9 Å². The first kappa shape index (κ1) is 11.8. The average molecular weight is 252 g/mol. The minimum Gasteiger partial charge on any atom is -0.326 e. The van der Waals surface area contributed by atoms with Gasteiger partial charge in [-0.25, -0.2) is 4.39 Å². The molecule has 0 aliphatic heterocycles. The lowest BCUT2D eigenvalue weighted by Gasteiger charge is -2.08. The smallest absolute Gasteiger partial charge is 0.127 e. The van der Waals surface area contributed by atoms with Crippen LogP contribution in [-0.4, -0.2) is 4.98 Å². The lowest BCUT2D eigenvalue weighted by Crippen LogP contribution is -2.00. The van der Waals surface area contributed by atoms with E-state index >= 15 is 0 Å². The first-order valence-electron chi connectivity index (χ1n) is 6.11. The van der Waals surface area contributed by atoms with Crippen LogP contribution < -0.4 is 5.73 Å². The molecule has 0 saturated heterocycles. The molecule has 19 heavy (non-hydrogen) atoms. The minimum atomic E-state index is -0.264. The summed E-state index contributed by atoms with van der Waals surface area (Å²) >= 11 is 0. The fourth-order valence-corrected chi connectivity index (χ4v) is 2.25. The highest BCUT2D eigenvalue weighted by Gasteiger charge is 2.07. The maximum absolute atomic E-state index is 13.5. The zero-order valence-electron chi connectivity index (χ0n) is 10.3. The second-order valence-corrected chi connectivity index (χ2v) is 4.42. The van der Waals surface area contributed by atoms with Gasteiger partial charge in [0, 0.05) is 35.5 Å². The Morgan fingerprint density at radius 3 is 2.74 bits per heavy atom. The van der Waals surface area contributed by atoms with Crippen molar-refractivity contribution in [2.24, 2.45) is 5.73 Å². The second kappa shape index (κ2) is 4.78. The Kier molecular flexibility index (Phi) is 2.97. The van der Waals surface area contributed by atoms with Crippen molar-refractivity contribution in [1.82, 2.24) is 4.98 Å². The largest absolute Gasteiger partial charge is 0.326 e. The number of hydrogen-bond acceptors (Lipinski definition) is 2. The van der Waals surface area contributed by atoms with E-state index in [1.165, 1.54) is 6.07 Å². The van der Waals surface area contributed by atoms with E-state index in [9.17, 15) is 4.39 Å². The standard InChI is InChI=1S/C16H13FN2/c17-16-6-5-11(7-13(16)8-18)15-10-19-9-12-3-1-2-4-14(12)15/h1-7,9-10H,8,18H2. The van der Waals surface area contributed by atoms with Crippen molar-refractivity contribution in [2.45, 2.75) is 6.54 Å². The summed E-state index contributed by atoms with van der Waals surface area (Å²) in [4.78, 5) is 4.24. The van der Waals surface area contributed by atoms with Gasteiger partial charge in [-0.05, 0) is 23.1 Å². The predicted molar refractivity (Wildman–Crippen MR) is 75.0 cm³/mol.